The van der Waals surface area contributed by atoms with E-state index in [1.54, 1.807) is 23.3 Å². The normalized spacial score (nSPS) is 19.1. The molecule has 94 valence electrons. The molecule has 1 saturated heterocycles. The van der Waals surface area contributed by atoms with Crippen molar-refractivity contribution in [2.24, 2.45) is 7.05 Å². The Labute approximate surface area is 105 Å². The molecule has 2 aromatic rings. The number of nitrogens with one attached hydrogen (secondary N) is 1. The quantitative estimate of drug-likeness (QED) is 0.858. The van der Waals surface area contributed by atoms with Crippen LogP contribution in [0.15, 0.2) is 24.7 Å². The standard InChI is InChI=1S/C12H15N5O/c1-17-11(3-5-15-17)10-7-14-8-12(16-10)18-9-2-4-13-6-9/h3,5,7-9,13H,2,4,6H2,1H3. The van der Waals surface area contributed by atoms with Gasteiger partial charge in [0.1, 0.15) is 11.8 Å². The maximum Gasteiger partial charge on any atom is 0.233 e. The molecule has 3 heterocycles. The topological polar surface area (TPSA) is 64.9 Å². The second-order valence-corrected chi connectivity index (χ2v) is 4.32. The van der Waals surface area contributed by atoms with Crippen molar-refractivity contribution in [2.75, 3.05) is 13.1 Å². The number of hydrogen-bond donors (Lipinski definition) is 1. The summed E-state index contributed by atoms with van der Waals surface area (Å²) in [5, 5.41) is 7.38. The Balaban J connectivity index is 1.82. The minimum Gasteiger partial charge on any atom is -0.472 e. The summed E-state index contributed by atoms with van der Waals surface area (Å²) in [6.07, 6.45) is 6.32. The molecule has 0 aliphatic carbocycles. The molecule has 0 aromatic carbocycles. The molecule has 1 unspecified atom stereocenters. The molecular formula is C12H15N5O. The molecule has 6 nitrogen and oxygen atoms in total. The second kappa shape index (κ2) is 4.73. The van der Waals surface area contributed by atoms with E-state index in [9.17, 15) is 0 Å². The lowest BCUT2D eigenvalue weighted by molar-refractivity contribution is 0.213. The third-order valence-corrected chi connectivity index (χ3v) is 3.00. The molecule has 1 aliphatic rings. The summed E-state index contributed by atoms with van der Waals surface area (Å²) in [5.41, 5.74) is 1.70. The lowest BCUT2D eigenvalue weighted by Crippen LogP contribution is -2.20. The Morgan fingerprint density at radius 2 is 2.39 bits per heavy atom. The van der Waals surface area contributed by atoms with Crippen LogP contribution < -0.4 is 10.1 Å². The van der Waals surface area contributed by atoms with Crippen molar-refractivity contribution in [1.29, 1.82) is 0 Å². The number of ether oxygens (including phenoxy) is 1. The predicted molar refractivity (Wildman–Crippen MR) is 66.1 cm³/mol. The highest BCUT2D eigenvalue weighted by Crippen LogP contribution is 2.18. The van der Waals surface area contributed by atoms with Crippen molar-refractivity contribution in [1.82, 2.24) is 25.1 Å². The van der Waals surface area contributed by atoms with Gasteiger partial charge in [-0.3, -0.25) is 9.67 Å². The zero-order valence-corrected chi connectivity index (χ0v) is 10.2. The van der Waals surface area contributed by atoms with Crippen LogP contribution in [0.3, 0.4) is 0 Å². The molecule has 6 heteroatoms. The van der Waals surface area contributed by atoms with Gasteiger partial charge in [-0.25, -0.2) is 4.98 Å². The zero-order valence-electron chi connectivity index (χ0n) is 10.2. The number of aromatic nitrogens is 4. The van der Waals surface area contributed by atoms with Gasteiger partial charge in [0.25, 0.3) is 0 Å². The molecule has 1 aliphatic heterocycles. The smallest absolute Gasteiger partial charge is 0.233 e. The minimum absolute atomic E-state index is 0.195. The Morgan fingerprint density at radius 1 is 1.44 bits per heavy atom. The molecule has 0 saturated carbocycles. The van der Waals surface area contributed by atoms with Gasteiger partial charge in [0.15, 0.2) is 0 Å². The van der Waals surface area contributed by atoms with Crippen molar-refractivity contribution in [3.8, 4) is 17.3 Å². The highest BCUT2D eigenvalue weighted by molar-refractivity contribution is 5.53. The summed E-state index contributed by atoms with van der Waals surface area (Å²) >= 11 is 0. The van der Waals surface area contributed by atoms with Crippen molar-refractivity contribution in [2.45, 2.75) is 12.5 Å². The molecule has 0 amide bonds. The molecule has 1 fully saturated rings. The Kier molecular flexibility index (Phi) is 2.93. The van der Waals surface area contributed by atoms with Crippen LogP contribution in [-0.2, 0) is 7.05 Å². The van der Waals surface area contributed by atoms with Crippen LogP contribution >= 0.6 is 0 Å². The minimum atomic E-state index is 0.195. The number of aryl methyl sites for hydroxylation is 1. The SMILES string of the molecule is Cn1nccc1-c1cncc(OC2CCNC2)n1. The van der Waals surface area contributed by atoms with Gasteiger partial charge in [-0.05, 0) is 19.0 Å². The molecule has 18 heavy (non-hydrogen) atoms. The third kappa shape index (κ3) is 2.19. The molecule has 1 atom stereocenters. The first-order chi connectivity index (χ1) is 8.83. The van der Waals surface area contributed by atoms with E-state index in [4.69, 9.17) is 4.74 Å². The van der Waals surface area contributed by atoms with Gasteiger partial charge in [-0.2, -0.15) is 5.10 Å². The first kappa shape index (κ1) is 11.2. The van der Waals surface area contributed by atoms with E-state index in [1.165, 1.54) is 0 Å². The molecule has 0 spiro atoms. The molecule has 3 rings (SSSR count). The number of rotatable bonds is 3. The number of hydrogen-bond acceptors (Lipinski definition) is 5. The van der Waals surface area contributed by atoms with E-state index in [0.717, 1.165) is 30.9 Å². The van der Waals surface area contributed by atoms with Crippen molar-refractivity contribution in [3.63, 3.8) is 0 Å². The van der Waals surface area contributed by atoms with E-state index in [2.05, 4.69) is 20.4 Å². The maximum atomic E-state index is 5.79. The van der Waals surface area contributed by atoms with Crippen molar-refractivity contribution in [3.05, 3.63) is 24.7 Å². The maximum absolute atomic E-state index is 5.79. The average molecular weight is 245 g/mol. The summed E-state index contributed by atoms with van der Waals surface area (Å²) in [7, 11) is 1.88. The molecular weight excluding hydrogens is 230 g/mol. The van der Waals surface area contributed by atoms with Gasteiger partial charge in [0.2, 0.25) is 5.88 Å². The second-order valence-electron chi connectivity index (χ2n) is 4.32. The van der Waals surface area contributed by atoms with Gasteiger partial charge in [0, 0.05) is 19.8 Å². The average Bonchev–Trinajstić information content (AvgIpc) is 3.01. The van der Waals surface area contributed by atoms with E-state index >= 15 is 0 Å². The molecule has 0 bridgehead atoms. The van der Waals surface area contributed by atoms with Crippen LogP contribution in [0.5, 0.6) is 5.88 Å². The monoisotopic (exact) mass is 245 g/mol. The Morgan fingerprint density at radius 3 is 3.11 bits per heavy atom. The highest BCUT2D eigenvalue weighted by atomic mass is 16.5. The fourth-order valence-corrected chi connectivity index (χ4v) is 2.05. The molecule has 0 radical (unpaired) electrons. The van der Waals surface area contributed by atoms with Gasteiger partial charge in [-0.15, -0.1) is 0 Å². The Bertz CT molecular complexity index is 533. The summed E-state index contributed by atoms with van der Waals surface area (Å²) in [6, 6.07) is 1.91. The summed E-state index contributed by atoms with van der Waals surface area (Å²) in [5.74, 6) is 0.572. The van der Waals surface area contributed by atoms with Gasteiger partial charge < -0.3 is 10.1 Å². The van der Waals surface area contributed by atoms with Crippen LogP contribution in [0.2, 0.25) is 0 Å². The summed E-state index contributed by atoms with van der Waals surface area (Å²) in [6.45, 7) is 1.87. The Hall–Kier alpha value is -1.95. The largest absolute Gasteiger partial charge is 0.472 e. The van der Waals surface area contributed by atoms with Crippen molar-refractivity contribution >= 4 is 0 Å². The van der Waals surface area contributed by atoms with Crippen LogP contribution in [0.1, 0.15) is 6.42 Å². The summed E-state index contributed by atoms with van der Waals surface area (Å²) in [4.78, 5) is 8.64. The first-order valence-corrected chi connectivity index (χ1v) is 6.01. The molecule has 1 N–H and O–H groups in total. The van der Waals surface area contributed by atoms with Crippen LogP contribution in [-0.4, -0.2) is 38.9 Å². The lowest BCUT2D eigenvalue weighted by Gasteiger charge is -2.11. The highest BCUT2D eigenvalue weighted by Gasteiger charge is 2.17. The first-order valence-electron chi connectivity index (χ1n) is 6.01. The third-order valence-electron chi connectivity index (χ3n) is 3.00. The zero-order chi connectivity index (χ0) is 12.4. The van der Waals surface area contributed by atoms with Gasteiger partial charge >= 0.3 is 0 Å². The van der Waals surface area contributed by atoms with Crippen LogP contribution in [0, 0.1) is 0 Å². The van der Waals surface area contributed by atoms with E-state index in [0.29, 0.717) is 5.88 Å². The van der Waals surface area contributed by atoms with E-state index in [-0.39, 0.29) is 6.10 Å². The van der Waals surface area contributed by atoms with Crippen molar-refractivity contribution < 1.29 is 4.74 Å². The van der Waals surface area contributed by atoms with E-state index < -0.39 is 0 Å². The van der Waals surface area contributed by atoms with Crippen LogP contribution in [0.25, 0.3) is 11.4 Å². The summed E-state index contributed by atoms with van der Waals surface area (Å²) < 4.78 is 7.56. The number of nitrogens with zero attached hydrogens (tertiary/aromatic N) is 4. The van der Waals surface area contributed by atoms with Crippen LogP contribution in [0.4, 0.5) is 0 Å². The lowest BCUT2D eigenvalue weighted by atomic mass is 10.3. The predicted octanol–water partition coefficient (Wildman–Crippen LogP) is 0.618. The van der Waals surface area contributed by atoms with Gasteiger partial charge in [0.05, 0.1) is 18.1 Å². The van der Waals surface area contributed by atoms with E-state index in [1.807, 2.05) is 13.1 Å². The fraction of sp³-hybridized carbons (Fsp3) is 0.417. The molecule has 2 aromatic heterocycles. The van der Waals surface area contributed by atoms with Gasteiger partial charge in [-0.1, -0.05) is 0 Å². The fourth-order valence-electron chi connectivity index (χ4n) is 2.05.